The molecule has 0 atom stereocenters. The molecule has 2 aromatic carbocycles. The van der Waals surface area contributed by atoms with Crippen LogP contribution in [0.5, 0.6) is 0 Å². The third-order valence-electron chi connectivity index (χ3n) is 4.27. The molecule has 1 saturated heterocycles. The Labute approximate surface area is 156 Å². The van der Waals surface area contributed by atoms with Gasteiger partial charge in [0.15, 0.2) is 0 Å². The van der Waals surface area contributed by atoms with Crippen molar-refractivity contribution in [1.82, 2.24) is 4.90 Å². The van der Waals surface area contributed by atoms with E-state index in [9.17, 15) is 14.0 Å². The molecule has 1 fully saturated rings. The Morgan fingerprint density at radius 1 is 1.04 bits per heavy atom. The second-order valence-electron chi connectivity index (χ2n) is 6.18. The molecule has 0 bridgehead atoms. The molecule has 2 aromatic rings. The van der Waals surface area contributed by atoms with Crippen molar-refractivity contribution in [3.8, 4) is 0 Å². The fourth-order valence-electron chi connectivity index (χ4n) is 2.92. The van der Waals surface area contributed by atoms with Crippen LogP contribution in [0.15, 0.2) is 48.5 Å². The molecule has 3 rings (SSSR count). The van der Waals surface area contributed by atoms with Gasteiger partial charge >= 0.3 is 0 Å². The molecule has 1 aliphatic heterocycles. The summed E-state index contributed by atoms with van der Waals surface area (Å²) in [7, 11) is 0. The van der Waals surface area contributed by atoms with E-state index >= 15 is 0 Å². The van der Waals surface area contributed by atoms with E-state index in [0.29, 0.717) is 22.6 Å². The Bertz CT molecular complexity index is 791. The molecule has 26 heavy (non-hydrogen) atoms. The van der Waals surface area contributed by atoms with E-state index in [1.165, 1.54) is 17.8 Å². The van der Waals surface area contributed by atoms with Gasteiger partial charge in [0.2, 0.25) is 5.91 Å². The Morgan fingerprint density at radius 2 is 1.73 bits per heavy atom. The number of anilines is 1. The molecule has 4 nitrogen and oxygen atoms in total. The minimum absolute atomic E-state index is 0.0441. The minimum Gasteiger partial charge on any atom is -0.339 e. The Balaban J connectivity index is 1.57. The first-order valence-electron chi connectivity index (χ1n) is 8.64. The first kappa shape index (κ1) is 18.5. The van der Waals surface area contributed by atoms with Gasteiger partial charge in [-0.25, -0.2) is 4.39 Å². The van der Waals surface area contributed by atoms with Crippen LogP contribution in [0.4, 0.5) is 10.1 Å². The van der Waals surface area contributed by atoms with Gasteiger partial charge in [0.25, 0.3) is 5.91 Å². The van der Waals surface area contributed by atoms with E-state index in [0.717, 1.165) is 25.9 Å². The molecule has 0 spiro atoms. The standard InChI is InChI=1S/C20H21FN2O2S/c21-17-9-3-1-7-15(17)13-26-14-19(24)22-18-10-4-2-8-16(18)20(25)23-11-5-6-12-23/h1-4,7-10H,5-6,11-14H2,(H,22,24). The zero-order chi connectivity index (χ0) is 18.4. The summed E-state index contributed by atoms with van der Waals surface area (Å²) in [5.41, 5.74) is 1.62. The van der Waals surface area contributed by atoms with Crippen molar-refractivity contribution in [2.75, 3.05) is 24.2 Å². The molecule has 0 saturated carbocycles. The predicted molar refractivity (Wildman–Crippen MR) is 103 cm³/mol. The van der Waals surface area contributed by atoms with Crippen LogP contribution in [0, 0.1) is 5.82 Å². The van der Waals surface area contributed by atoms with Crippen LogP contribution in [0.1, 0.15) is 28.8 Å². The second kappa shape index (κ2) is 8.85. The number of hydrogen-bond donors (Lipinski definition) is 1. The Kier molecular flexibility index (Phi) is 6.28. The molecule has 136 valence electrons. The summed E-state index contributed by atoms with van der Waals surface area (Å²) < 4.78 is 13.6. The van der Waals surface area contributed by atoms with E-state index in [1.807, 2.05) is 4.90 Å². The van der Waals surface area contributed by atoms with Gasteiger partial charge in [-0.15, -0.1) is 11.8 Å². The van der Waals surface area contributed by atoms with Crippen LogP contribution in [-0.4, -0.2) is 35.6 Å². The predicted octanol–water partition coefficient (Wildman–Crippen LogP) is 3.93. The highest BCUT2D eigenvalue weighted by Gasteiger charge is 2.22. The Hall–Kier alpha value is -2.34. The first-order valence-corrected chi connectivity index (χ1v) is 9.80. The van der Waals surface area contributed by atoms with Gasteiger partial charge in [0.05, 0.1) is 17.0 Å². The van der Waals surface area contributed by atoms with Crippen molar-refractivity contribution in [2.24, 2.45) is 0 Å². The highest BCUT2D eigenvalue weighted by atomic mass is 32.2. The molecule has 0 unspecified atom stereocenters. The number of para-hydroxylation sites is 1. The number of nitrogens with zero attached hydrogens (tertiary/aromatic N) is 1. The summed E-state index contributed by atoms with van der Waals surface area (Å²) in [6.07, 6.45) is 2.04. The lowest BCUT2D eigenvalue weighted by Crippen LogP contribution is -2.29. The van der Waals surface area contributed by atoms with Crippen LogP contribution in [0.2, 0.25) is 0 Å². The van der Waals surface area contributed by atoms with Crippen molar-refractivity contribution in [2.45, 2.75) is 18.6 Å². The third-order valence-corrected chi connectivity index (χ3v) is 5.25. The summed E-state index contributed by atoms with van der Waals surface area (Å²) in [6.45, 7) is 1.53. The van der Waals surface area contributed by atoms with Gasteiger partial charge in [0, 0.05) is 18.8 Å². The average Bonchev–Trinajstić information content (AvgIpc) is 3.18. The van der Waals surface area contributed by atoms with Crippen molar-refractivity contribution in [3.63, 3.8) is 0 Å². The molecule has 1 aliphatic rings. The summed E-state index contributed by atoms with van der Waals surface area (Å²) in [5, 5.41) is 2.81. The summed E-state index contributed by atoms with van der Waals surface area (Å²) in [5.74, 6) is 0.113. The normalized spacial score (nSPS) is 13.7. The van der Waals surface area contributed by atoms with E-state index in [4.69, 9.17) is 0 Å². The smallest absolute Gasteiger partial charge is 0.255 e. The lowest BCUT2D eigenvalue weighted by Gasteiger charge is -2.18. The first-order chi connectivity index (χ1) is 12.6. The van der Waals surface area contributed by atoms with E-state index in [-0.39, 0.29) is 23.4 Å². The third kappa shape index (κ3) is 4.64. The maximum Gasteiger partial charge on any atom is 0.255 e. The number of hydrogen-bond acceptors (Lipinski definition) is 3. The number of carbonyl (C=O) groups excluding carboxylic acids is 2. The zero-order valence-electron chi connectivity index (χ0n) is 14.4. The van der Waals surface area contributed by atoms with Crippen molar-refractivity contribution in [3.05, 3.63) is 65.5 Å². The molecular formula is C20H21FN2O2S. The lowest BCUT2D eigenvalue weighted by atomic mass is 10.1. The topological polar surface area (TPSA) is 49.4 Å². The van der Waals surface area contributed by atoms with E-state index in [2.05, 4.69) is 5.32 Å². The molecule has 0 radical (unpaired) electrons. The van der Waals surface area contributed by atoms with Crippen LogP contribution < -0.4 is 5.32 Å². The molecule has 0 aromatic heterocycles. The van der Waals surface area contributed by atoms with E-state index < -0.39 is 0 Å². The molecule has 0 aliphatic carbocycles. The summed E-state index contributed by atoms with van der Waals surface area (Å²) in [6, 6.07) is 13.6. The quantitative estimate of drug-likeness (QED) is 0.836. The number of amides is 2. The van der Waals surface area contributed by atoms with Gasteiger partial charge in [-0.05, 0) is 36.6 Å². The maximum absolute atomic E-state index is 13.6. The summed E-state index contributed by atoms with van der Waals surface area (Å²) >= 11 is 1.34. The largest absolute Gasteiger partial charge is 0.339 e. The average molecular weight is 372 g/mol. The van der Waals surface area contributed by atoms with Crippen LogP contribution >= 0.6 is 11.8 Å². The SMILES string of the molecule is O=C(CSCc1ccccc1F)Nc1ccccc1C(=O)N1CCCC1. The number of halogens is 1. The highest BCUT2D eigenvalue weighted by molar-refractivity contribution is 7.99. The van der Waals surface area contributed by atoms with Gasteiger partial charge < -0.3 is 10.2 Å². The molecular weight excluding hydrogens is 351 g/mol. The number of rotatable bonds is 6. The second-order valence-corrected chi connectivity index (χ2v) is 7.16. The number of thioether (sulfide) groups is 1. The number of nitrogens with one attached hydrogen (secondary N) is 1. The van der Waals surface area contributed by atoms with Crippen molar-refractivity contribution >= 4 is 29.3 Å². The lowest BCUT2D eigenvalue weighted by molar-refractivity contribution is -0.113. The van der Waals surface area contributed by atoms with Gasteiger partial charge in [-0.3, -0.25) is 9.59 Å². The number of carbonyl (C=O) groups is 2. The molecule has 1 N–H and O–H groups in total. The van der Waals surface area contributed by atoms with E-state index in [1.54, 1.807) is 42.5 Å². The van der Waals surface area contributed by atoms with Crippen LogP contribution in [0.3, 0.4) is 0 Å². The maximum atomic E-state index is 13.6. The summed E-state index contributed by atoms with van der Waals surface area (Å²) in [4.78, 5) is 26.7. The van der Waals surface area contributed by atoms with Gasteiger partial charge in [0.1, 0.15) is 5.82 Å². The van der Waals surface area contributed by atoms with Crippen molar-refractivity contribution in [1.29, 1.82) is 0 Å². The monoisotopic (exact) mass is 372 g/mol. The fraction of sp³-hybridized carbons (Fsp3) is 0.300. The number of likely N-dealkylation sites (tertiary alicyclic amines) is 1. The van der Waals surface area contributed by atoms with Crippen LogP contribution in [-0.2, 0) is 10.5 Å². The van der Waals surface area contributed by atoms with Gasteiger partial charge in [-0.2, -0.15) is 0 Å². The van der Waals surface area contributed by atoms with Gasteiger partial charge in [-0.1, -0.05) is 30.3 Å². The molecule has 2 amide bonds. The molecule has 6 heteroatoms. The molecule has 1 heterocycles. The fourth-order valence-corrected chi connectivity index (χ4v) is 3.74. The highest BCUT2D eigenvalue weighted by Crippen LogP contribution is 2.21. The number of benzene rings is 2. The van der Waals surface area contributed by atoms with Crippen LogP contribution in [0.25, 0.3) is 0 Å². The van der Waals surface area contributed by atoms with Crippen molar-refractivity contribution < 1.29 is 14.0 Å². The zero-order valence-corrected chi connectivity index (χ0v) is 15.2. The minimum atomic E-state index is -0.262. The Morgan fingerprint density at radius 3 is 2.50 bits per heavy atom.